The van der Waals surface area contributed by atoms with Crippen molar-refractivity contribution in [2.24, 2.45) is 0 Å². The first-order valence-corrected chi connectivity index (χ1v) is 4.41. The zero-order chi connectivity index (χ0) is 8.55. The van der Waals surface area contributed by atoms with Gasteiger partial charge in [0, 0.05) is 11.8 Å². The minimum atomic E-state index is 0.586. The molecule has 12 heavy (non-hydrogen) atoms. The van der Waals surface area contributed by atoms with E-state index >= 15 is 0 Å². The highest BCUT2D eigenvalue weighted by Gasteiger charge is 2.14. The van der Waals surface area contributed by atoms with E-state index in [2.05, 4.69) is 15.9 Å². The number of anilines is 1. The van der Waals surface area contributed by atoms with Gasteiger partial charge in [0.25, 0.3) is 0 Å². The highest BCUT2D eigenvalue weighted by Crippen LogP contribution is 2.39. The molecule has 4 heteroatoms. The van der Waals surface area contributed by atoms with E-state index in [0.29, 0.717) is 24.7 Å². The van der Waals surface area contributed by atoms with Crippen LogP contribution in [0.25, 0.3) is 0 Å². The van der Waals surface area contributed by atoms with Gasteiger partial charge < -0.3 is 15.2 Å². The Bertz CT molecular complexity index is 314. The molecular formula is C8H8BrNO2. The Balaban J connectivity index is 2.53. The van der Waals surface area contributed by atoms with Crippen LogP contribution in [-0.2, 0) is 0 Å². The largest absolute Gasteiger partial charge is 0.486 e. The summed E-state index contributed by atoms with van der Waals surface area (Å²) in [6.07, 6.45) is 0. The third-order valence-electron chi connectivity index (χ3n) is 1.62. The number of hydrogen-bond acceptors (Lipinski definition) is 3. The number of hydrogen-bond donors (Lipinski definition) is 1. The van der Waals surface area contributed by atoms with Gasteiger partial charge in [-0.15, -0.1) is 0 Å². The fourth-order valence-electron chi connectivity index (χ4n) is 1.13. The van der Waals surface area contributed by atoms with Crippen molar-refractivity contribution in [3.05, 3.63) is 16.6 Å². The Morgan fingerprint density at radius 1 is 1.25 bits per heavy atom. The molecule has 2 N–H and O–H groups in total. The second kappa shape index (κ2) is 2.86. The normalized spacial score (nSPS) is 14.4. The zero-order valence-electron chi connectivity index (χ0n) is 6.34. The van der Waals surface area contributed by atoms with Crippen LogP contribution in [0.5, 0.6) is 11.5 Å². The lowest BCUT2D eigenvalue weighted by Crippen LogP contribution is -2.15. The fraction of sp³-hybridized carbons (Fsp3) is 0.250. The second-order valence-corrected chi connectivity index (χ2v) is 3.38. The molecule has 0 aromatic heterocycles. The van der Waals surface area contributed by atoms with Gasteiger partial charge >= 0.3 is 0 Å². The van der Waals surface area contributed by atoms with Gasteiger partial charge in [0.15, 0.2) is 11.5 Å². The summed E-state index contributed by atoms with van der Waals surface area (Å²) in [6.45, 7) is 1.18. The van der Waals surface area contributed by atoms with Crippen LogP contribution < -0.4 is 15.2 Å². The van der Waals surface area contributed by atoms with Crippen molar-refractivity contribution < 1.29 is 9.47 Å². The smallest absolute Gasteiger partial charge is 0.175 e. The minimum Gasteiger partial charge on any atom is -0.486 e. The maximum absolute atomic E-state index is 5.62. The van der Waals surface area contributed by atoms with Gasteiger partial charge in [-0.1, -0.05) is 0 Å². The Hall–Kier alpha value is -0.900. The number of nitrogen functional groups attached to an aromatic ring is 1. The third kappa shape index (κ3) is 1.22. The van der Waals surface area contributed by atoms with Crippen LogP contribution in [0.4, 0.5) is 5.69 Å². The average molecular weight is 230 g/mol. The molecule has 0 amide bonds. The van der Waals surface area contributed by atoms with Crippen molar-refractivity contribution in [1.82, 2.24) is 0 Å². The molecule has 1 aliphatic rings. The molecule has 1 aliphatic heterocycles. The number of fused-ring (bicyclic) bond motifs is 1. The lowest BCUT2D eigenvalue weighted by atomic mass is 10.3. The van der Waals surface area contributed by atoms with Crippen LogP contribution in [0.15, 0.2) is 16.6 Å². The van der Waals surface area contributed by atoms with E-state index < -0.39 is 0 Å². The first-order valence-electron chi connectivity index (χ1n) is 3.62. The van der Waals surface area contributed by atoms with Crippen LogP contribution >= 0.6 is 15.9 Å². The Morgan fingerprint density at radius 2 is 2.00 bits per heavy atom. The van der Waals surface area contributed by atoms with Crippen LogP contribution in [0, 0.1) is 0 Å². The predicted octanol–water partition coefficient (Wildman–Crippen LogP) is 1.80. The molecule has 1 heterocycles. The lowest BCUT2D eigenvalue weighted by Gasteiger charge is -2.19. The molecule has 0 spiro atoms. The van der Waals surface area contributed by atoms with Gasteiger partial charge in [-0.05, 0) is 22.0 Å². The lowest BCUT2D eigenvalue weighted by molar-refractivity contribution is 0.170. The van der Waals surface area contributed by atoms with Crippen LogP contribution in [0.3, 0.4) is 0 Å². The maximum atomic E-state index is 5.62. The van der Waals surface area contributed by atoms with Crippen molar-refractivity contribution >= 4 is 21.6 Å². The summed E-state index contributed by atoms with van der Waals surface area (Å²) >= 11 is 3.35. The SMILES string of the molecule is Nc1cc(Br)c2c(c1)OCCO2. The van der Waals surface area contributed by atoms with Gasteiger partial charge in [0.1, 0.15) is 13.2 Å². The molecule has 1 aromatic carbocycles. The second-order valence-electron chi connectivity index (χ2n) is 2.53. The molecule has 0 radical (unpaired) electrons. The quantitative estimate of drug-likeness (QED) is 0.691. The number of nitrogens with two attached hydrogens (primary N) is 1. The molecular weight excluding hydrogens is 222 g/mol. The standard InChI is InChI=1S/C8H8BrNO2/c9-6-3-5(10)4-7-8(6)12-2-1-11-7/h3-4H,1-2,10H2. The van der Waals surface area contributed by atoms with Crippen molar-refractivity contribution in [1.29, 1.82) is 0 Å². The van der Waals surface area contributed by atoms with Crippen LogP contribution in [0.1, 0.15) is 0 Å². The van der Waals surface area contributed by atoms with Crippen LogP contribution in [0.2, 0.25) is 0 Å². The Kier molecular flexibility index (Phi) is 1.84. The summed E-state index contributed by atoms with van der Waals surface area (Å²) in [5, 5.41) is 0. The summed E-state index contributed by atoms with van der Waals surface area (Å²) < 4.78 is 11.6. The number of halogens is 1. The molecule has 0 aliphatic carbocycles. The predicted molar refractivity (Wildman–Crippen MR) is 49.5 cm³/mol. The molecule has 0 unspecified atom stereocenters. The number of rotatable bonds is 0. The van der Waals surface area contributed by atoms with E-state index in [1.54, 1.807) is 12.1 Å². The third-order valence-corrected chi connectivity index (χ3v) is 2.21. The van der Waals surface area contributed by atoms with Gasteiger partial charge in [0.05, 0.1) is 4.47 Å². The summed E-state index contributed by atoms with van der Waals surface area (Å²) in [5.41, 5.74) is 6.29. The van der Waals surface area contributed by atoms with E-state index in [1.807, 2.05) is 0 Å². The number of benzene rings is 1. The maximum Gasteiger partial charge on any atom is 0.175 e. The van der Waals surface area contributed by atoms with E-state index in [9.17, 15) is 0 Å². The molecule has 2 rings (SSSR count). The molecule has 0 bridgehead atoms. The van der Waals surface area contributed by atoms with Crippen molar-refractivity contribution in [2.45, 2.75) is 0 Å². The minimum absolute atomic E-state index is 0.586. The molecule has 0 saturated heterocycles. The summed E-state index contributed by atoms with van der Waals surface area (Å²) in [5.74, 6) is 1.46. The Morgan fingerprint density at radius 3 is 2.83 bits per heavy atom. The van der Waals surface area contributed by atoms with Crippen molar-refractivity contribution in [3.8, 4) is 11.5 Å². The fourth-order valence-corrected chi connectivity index (χ4v) is 1.70. The number of ether oxygens (including phenoxy) is 2. The molecule has 0 atom stereocenters. The molecule has 1 aromatic rings. The van der Waals surface area contributed by atoms with E-state index in [4.69, 9.17) is 15.2 Å². The van der Waals surface area contributed by atoms with Gasteiger partial charge in [-0.25, -0.2) is 0 Å². The van der Waals surface area contributed by atoms with Gasteiger partial charge in [-0.2, -0.15) is 0 Å². The summed E-state index contributed by atoms with van der Waals surface area (Å²) in [4.78, 5) is 0. The molecule has 0 saturated carbocycles. The van der Waals surface area contributed by atoms with E-state index in [0.717, 1.165) is 10.2 Å². The van der Waals surface area contributed by atoms with Crippen molar-refractivity contribution in [2.75, 3.05) is 18.9 Å². The molecule has 3 nitrogen and oxygen atoms in total. The topological polar surface area (TPSA) is 44.5 Å². The highest BCUT2D eigenvalue weighted by molar-refractivity contribution is 9.10. The van der Waals surface area contributed by atoms with Gasteiger partial charge in [0.2, 0.25) is 0 Å². The van der Waals surface area contributed by atoms with E-state index in [1.165, 1.54) is 0 Å². The summed E-state index contributed by atoms with van der Waals surface area (Å²) in [6, 6.07) is 3.56. The zero-order valence-corrected chi connectivity index (χ0v) is 7.93. The average Bonchev–Trinajstić information content (AvgIpc) is 2.04. The van der Waals surface area contributed by atoms with Crippen LogP contribution in [-0.4, -0.2) is 13.2 Å². The van der Waals surface area contributed by atoms with E-state index in [-0.39, 0.29) is 0 Å². The first-order chi connectivity index (χ1) is 5.77. The van der Waals surface area contributed by atoms with Crippen molar-refractivity contribution in [3.63, 3.8) is 0 Å². The molecule has 64 valence electrons. The van der Waals surface area contributed by atoms with Gasteiger partial charge in [-0.3, -0.25) is 0 Å². The summed E-state index contributed by atoms with van der Waals surface area (Å²) in [7, 11) is 0. The molecule has 0 fully saturated rings. The highest BCUT2D eigenvalue weighted by atomic mass is 79.9. The Labute approximate surface area is 78.6 Å². The first kappa shape index (κ1) is 7.73. The monoisotopic (exact) mass is 229 g/mol.